The molecule has 0 radical (unpaired) electrons. The maximum atomic E-state index is 9.22. The van der Waals surface area contributed by atoms with Crippen molar-refractivity contribution < 1.29 is 14.3 Å². The third-order valence-electron chi connectivity index (χ3n) is 1.50. The van der Waals surface area contributed by atoms with Crippen molar-refractivity contribution in [3.63, 3.8) is 0 Å². The minimum Gasteiger partial charge on any atom is -0.370 e. The fourth-order valence-corrected chi connectivity index (χ4v) is 2.50. The molecule has 0 saturated carbocycles. The molecule has 0 spiro atoms. The molecule has 0 aromatic carbocycles. The van der Waals surface area contributed by atoms with Gasteiger partial charge in [0.05, 0.1) is 9.52 Å². The highest BCUT2D eigenvalue weighted by Crippen LogP contribution is 1.97. The highest BCUT2D eigenvalue weighted by molar-refractivity contribution is 6.36. The maximum absolute atomic E-state index is 9.22. The molecule has 15 heavy (non-hydrogen) atoms. The van der Waals surface area contributed by atoms with E-state index < -0.39 is 0 Å². The van der Waals surface area contributed by atoms with Gasteiger partial charge in [-0.15, -0.1) is 0 Å². The van der Waals surface area contributed by atoms with E-state index in [1.54, 1.807) is 0 Å². The second-order valence-corrected chi connectivity index (χ2v) is 5.04. The van der Waals surface area contributed by atoms with Gasteiger partial charge < -0.3 is 15.2 Å². The molecule has 92 valence electrons. The van der Waals surface area contributed by atoms with E-state index in [2.05, 4.69) is 12.7 Å². The molecule has 0 aliphatic rings. The van der Waals surface area contributed by atoms with Gasteiger partial charge in [-0.05, 0) is 13.8 Å². The van der Waals surface area contributed by atoms with Crippen molar-refractivity contribution >= 4 is 15.4 Å². The molecule has 0 rings (SSSR count). The summed E-state index contributed by atoms with van der Waals surface area (Å²) in [5.74, 6) is -0.162. The van der Waals surface area contributed by atoms with Crippen LogP contribution in [-0.2, 0) is 14.3 Å². The van der Waals surface area contributed by atoms with Crippen molar-refractivity contribution in [1.29, 1.82) is 0 Å². The van der Waals surface area contributed by atoms with E-state index in [9.17, 15) is 4.79 Å². The number of hydrogen-bond acceptors (Lipinski definition) is 3. The first kappa shape index (κ1) is 17.0. The molecule has 0 aliphatic heterocycles. The molecule has 1 amide bonds. The van der Waals surface area contributed by atoms with Crippen LogP contribution >= 0.6 is 0 Å². The fraction of sp³-hybridized carbons (Fsp3) is 0.900. The van der Waals surface area contributed by atoms with Gasteiger partial charge in [0.1, 0.15) is 5.91 Å². The molecule has 0 saturated heterocycles. The maximum Gasteiger partial charge on any atom is 0.214 e. The van der Waals surface area contributed by atoms with Crippen molar-refractivity contribution in [1.82, 2.24) is 0 Å². The molecule has 0 heterocycles. The summed E-state index contributed by atoms with van der Waals surface area (Å²) in [6, 6.07) is 1.32. The normalized spacial score (nSPS) is 10.5. The summed E-state index contributed by atoms with van der Waals surface area (Å²) in [7, 11) is -0.141. The highest BCUT2D eigenvalue weighted by atomic mass is 28.2. The van der Waals surface area contributed by atoms with E-state index in [0.29, 0.717) is 0 Å². The van der Waals surface area contributed by atoms with Crippen LogP contribution in [0.1, 0.15) is 34.1 Å². The van der Waals surface area contributed by atoms with Crippen LogP contribution in [-0.4, -0.2) is 34.6 Å². The monoisotopic (exact) mass is 235 g/mol. The first-order valence-electron chi connectivity index (χ1n) is 5.57. The van der Waals surface area contributed by atoms with E-state index in [1.165, 1.54) is 19.4 Å². The van der Waals surface area contributed by atoms with E-state index >= 15 is 0 Å². The lowest BCUT2D eigenvalue weighted by Gasteiger charge is -2.15. The summed E-state index contributed by atoms with van der Waals surface area (Å²) in [6.07, 6.45) is 1.27. The number of rotatable bonds is 7. The second-order valence-electron chi connectivity index (χ2n) is 3.09. The number of amides is 1. The number of hydrogen-bond donors (Lipinski definition) is 1. The van der Waals surface area contributed by atoms with Gasteiger partial charge in [-0.25, -0.2) is 0 Å². The summed E-state index contributed by atoms with van der Waals surface area (Å²) in [4.78, 5) is 9.22. The Balaban J connectivity index is 0. The Labute approximate surface area is 95.3 Å². The van der Waals surface area contributed by atoms with Crippen LogP contribution in [0.25, 0.3) is 0 Å². The Morgan fingerprint density at radius 1 is 1.27 bits per heavy atom. The molecular formula is C10H25NO3Si. The van der Waals surface area contributed by atoms with Crippen LogP contribution in [0.5, 0.6) is 0 Å². The Morgan fingerprint density at radius 2 is 1.67 bits per heavy atom. The van der Waals surface area contributed by atoms with E-state index in [0.717, 1.165) is 13.2 Å². The summed E-state index contributed by atoms with van der Waals surface area (Å²) in [6.45, 7) is 9.11. The van der Waals surface area contributed by atoms with Gasteiger partial charge in [0, 0.05) is 20.1 Å². The molecule has 0 aromatic heterocycles. The first-order valence-corrected chi connectivity index (χ1v) is 7.39. The second kappa shape index (κ2) is 13.6. The van der Waals surface area contributed by atoms with Crippen molar-refractivity contribution in [2.45, 2.75) is 46.1 Å². The predicted octanol–water partition coefficient (Wildman–Crippen LogP) is 0.832. The van der Waals surface area contributed by atoms with Gasteiger partial charge in [-0.1, -0.05) is 19.4 Å². The standard InChI is InChI=1S/C8H20O2Si.C2H5NO/c1-4-7-11-8(9-5-2)10-6-3;1-2(3)4/h8H,4-7,11H2,1-3H3;1H3,(H2,3,4). The summed E-state index contributed by atoms with van der Waals surface area (Å²) < 4.78 is 10.8. The lowest BCUT2D eigenvalue weighted by atomic mass is 10.6. The molecule has 0 bridgehead atoms. The van der Waals surface area contributed by atoms with Gasteiger partial charge in [0.2, 0.25) is 5.91 Å². The van der Waals surface area contributed by atoms with Crippen molar-refractivity contribution in [3.8, 4) is 0 Å². The van der Waals surface area contributed by atoms with Gasteiger partial charge >= 0.3 is 0 Å². The number of carbonyl (C=O) groups is 1. The topological polar surface area (TPSA) is 61.6 Å². The zero-order valence-corrected chi connectivity index (χ0v) is 11.8. The first-order chi connectivity index (χ1) is 7.08. The van der Waals surface area contributed by atoms with Crippen LogP contribution in [0.4, 0.5) is 0 Å². The summed E-state index contributed by atoms with van der Waals surface area (Å²) >= 11 is 0. The average molecular weight is 235 g/mol. The molecule has 5 heteroatoms. The molecule has 4 nitrogen and oxygen atoms in total. The minimum atomic E-state index is -0.333. The van der Waals surface area contributed by atoms with Crippen molar-refractivity contribution in [2.24, 2.45) is 5.73 Å². The summed E-state index contributed by atoms with van der Waals surface area (Å²) in [5, 5.41) is 0. The number of carbonyl (C=O) groups excluding carboxylic acids is 1. The molecule has 0 aromatic rings. The molecule has 0 aliphatic carbocycles. The average Bonchev–Trinajstić information content (AvgIpc) is 2.14. The van der Waals surface area contributed by atoms with E-state index in [4.69, 9.17) is 9.47 Å². The highest BCUT2D eigenvalue weighted by Gasteiger charge is 2.06. The van der Waals surface area contributed by atoms with Gasteiger partial charge in [-0.3, -0.25) is 4.79 Å². The minimum absolute atomic E-state index is 0.141. The fourth-order valence-electron chi connectivity index (χ4n) is 0.957. The lowest BCUT2D eigenvalue weighted by molar-refractivity contribution is -0.115. The summed E-state index contributed by atoms with van der Waals surface area (Å²) in [5.41, 5.74) is 4.47. The molecule has 0 atom stereocenters. The predicted molar refractivity (Wildman–Crippen MR) is 65.6 cm³/mol. The molecule has 2 N–H and O–H groups in total. The van der Waals surface area contributed by atoms with Crippen LogP contribution in [0.15, 0.2) is 0 Å². The Morgan fingerprint density at radius 3 is 1.93 bits per heavy atom. The quantitative estimate of drug-likeness (QED) is 0.525. The zero-order valence-electron chi connectivity index (χ0n) is 10.4. The van der Waals surface area contributed by atoms with E-state index in [1.807, 2.05) is 13.8 Å². The smallest absolute Gasteiger partial charge is 0.214 e. The molecule has 0 unspecified atom stereocenters. The Hall–Kier alpha value is -0.393. The zero-order chi connectivity index (χ0) is 12.1. The van der Waals surface area contributed by atoms with Crippen molar-refractivity contribution in [2.75, 3.05) is 13.2 Å². The van der Waals surface area contributed by atoms with E-state index in [-0.39, 0.29) is 21.3 Å². The SMILES string of the molecule is CC(N)=O.CCC[SiH2]C(OCC)OCC. The van der Waals surface area contributed by atoms with Crippen LogP contribution in [0, 0.1) is 0 Å². The molecular weight excluding hydrogens is 210 g/mol. The third-order valence-corrected chi connectivity index (χ3v) is 3.56. The van der Waals surface area contributed by atoms with Crippen LogP contribution in [0.2, 0.25) is 6.04 Å². The number of primary amides is 1. The van der Waals surface area contributed by atoms with Gasteiger partial charge in [-0.2, -0.15) is 0 Å². The lowest BCUT2D eigenvalue weighted by Crippen LogP contribution is -2.24. The van der Waals surface area contributed by atoms with Crippen molar-refractivity contribution in [3.05, 3.63) is 0 Å². The van der Waals surface area contributed by atoms with Crippen LogP contribution < -0.4 is 5.73 Å². The number of nitrogens with two attached hydrogens (primary N) is 1. The van der Waals surface area contributed by atoms with Gasteiger partial charge in [0.15, 0.2) is 0 Å². The van der Waals surface area contributed by atoms with Gasteiger partial charge in [0.25, 0.3) is 0 Å². The molecule has 0 fully saturated rings. The third kappa shape index (κ3) is 19.9. The largest absolute Gasteiger partial charge is 0.370 e. The Bertz CT molecular complexity index is 135. The number of ether oxygens (including phenoxy) is 2. The van der Waals surface area contributed by atoms with Crippen LogP contribution in [0.3, 0.4) is 0 Å². The Kier molecular flexibility index (Phi) is 15.4.